The summed E-state index contributed by atoms with van der Waals surface area (Å²) in [7, 11) is 0. The highest BCUT2D eigenvalue weighted by Crippen LogP contribution is 2.49. The van der Waals surface area contributed by atoms with Gasteiger partial charge in [-0.15, -0.1) is 0 Å². The molecule has 0 heterocycles. The van der Waals surface area contributed by atoms with Crippen molar-refractivity contribution >= 4 is 15.9 Å². The van der Waals surface area contributed by atoms with E-state index in [1.54, 1.807) is 0 Å². The first-order valence-electron chi connectivity index (χ1n) is 7.61. The Morgan fingerprint density at radius 1 is 0.727 bits per heavy atom. The molecule has 1 atom stereocenters. The molecule has 1 aliphatic rings. The molecule has 1 aliphatic carbocycles. The molecule has 4 rings (SSSR count). The first kappa shape index (κ1) is 13.8. The van der Waals surface area contributed by atoms with Crippen LogP contribution in [0.15, 0.2) is 65.1 Å². The van der Waals surface area contributed by atoms with Gasteiger partial charge in [0.2, 0.25) is 0 Å². The lowest BCUT2D eigenvalue weighted by molar-refractivity contribution is 0.991. The van der Waals surface area contributed by atoms with Crippen LogP contribution in [0.3, 0.4) is 0 Å². The Morgan fingerprint density at radius 2 is 1.50 bits per heavy atom. The van der Waals surface area contributed by atoms with Gasteiger partial charge in [0.05, 0.1) is 0 Å². The third-order valence-corrected chi connectivity index (χ3v) is 5.13. The lowest BCUT2D eigenvalue weighted by atomic mass is 9.86. The van der Waals surface area contributed by atoms with E-state index in [1.165, 1.54) is 38.9 Å². The van der Waals surface area contributed by atoms with Crippen LogP contribution in [0.25, 0.3) is 11.1 Å². The number of hydrogen-bond acceptors (Lipinski definition) is 0. The van der Waals surface area contributed by atoms with Gasteiger partial charge in [-0.05, 0) is 59.4 Å². The molecule has 0 nitrogen and oxygen atoms in total. The summed E-state index contributed by atoms with van der Waals surface area (Å²) in [4.78, 5) is 0. The summed E-state index contributed by atoms with van der Waals surface area (Å²) in [5.41, 5.74) is 9.67. The number of benzene rings is 3. The van der Waals surface area contributed by atoms with Crippen LogP contribution in [0.2, 0.25) is 0 Å². The van der Waals surface area contributed by atoms with E-state index in [0.717, 1.165) is 4.47 Å². The van der Waals surface area contributed by atoms with Crippen molar-refractivity contribution in [3.8, 4) is 11.1 Å². The monoisotopic (exact) mass is 348 g/mol. The summed E-state index contributed by atoms with van der Waals surface area (Å²) in [5, 5.41) is 0. The van der Waals surface area contributed by atoms with Gasteiger partial charge in [-0.1, -0.05) is 70.0 Å². The first-order valence-corrected chi connectivity index (χ1v) is 8.40. The van der Waals surface area contributed by atoms with Crippen LogP contribution in [-0.2, 0) is 0 Å². The van der Waals surface area contributed by atoms with Gasteiger partial charge in [-0.3, -0.25) is 0 Å². The smallest absolute Gasteiger partial charge is 0.0355 e. The van der Waals surface area contributed by atoms with Crippen molar-refractivity contribution in [2.75, 3.05) is 0 Å². The normalized spacial score (nSPS) is 15.5. The minimum atomic E-state index is 0.337. The molecule has 0 bridgehead atoms. The highest BCUT2D eigenvalue weighted by Gasteiger charge is 2.30. The minimum Gasteiger partial charge on any atom is -0.0619 e. The summed E-state index contributed by atoms with van der Waals surface area (Å²) in [6.45, 7) is 4.39. The molecule has 1 heteroatoms. The maximum Gasteiger partial charge on any atom is 0.0355 e. The highest BCUT2D eigenvalue weighted by atomic mass is 79.9. The van der Waals surface area contributed by atoms with E-state index in [4.69, 9.17) is 0 Å². The average Bonchev–Trinajstić information content (AvgIpc) is 2.83. The fourth-order valence-electron chi connectivity index (χ4n) is 3.59. The fraction of sp³-hybridized carbons (Fsp3) is 0.143. The maximum atomic E-state index is 3.64. The van der Waals surface area contributed by atoms with E-state index in [2.05, 4.69) is 90.4 Å². The summed E-state index contributed by atoms with van der Waals surface area (Å²) in [6, 6.07) is 22.2. The predicted molar refractivity (Wildman–Crippen MR) is 96.4 cm³/mol. The zero-order valence-corrected chi connectivity index (χ0v) is 14.3. The third kappa shape index (κ3) is 2.04. The number of halogens is 1. The zero-order valence-electron chi connectivity index (χ0n) is 12.7. The Hall–Kier alpha value is -1.86. The topological polar surface area (TPSA) is 0 Å². The second-order valence-corrected chi connectivity index (χ2v) is 7.03. The van der Waals surface area contributed by atoms with Crippen molar-refractivity contribution in [3.63, 3.8) is 0 Å². The highest BCUT2D eigenvalue weighted by molar-refractivity contribution is 9.10. The molecular formula is C21H17Br. The van der Waals surface area contributed by atoms with Crippen LogP contribution in [0.1, 0.15) is 33.7 Å². The summed E-state index contributed by atoms with van der Waals surface area (Å²) in [6.07, 6.45) is 0. The van der Waals surface area contributed by atoms with Gasteiger partial charge in [-0.25, -0.2) is 0 Å². The second kappa shape index (κ2) is 5.10. The van der Waals surface area contributed by atoms with Gasteiger partial charge in [0.25, 0.3) is 0 Å². The number of fused-ring (bicyclic) bond motifs is 3. The Kier molecular flexibility index (Phi) is 3.19. The molecule has 0 saturated carbocycles. The Bertz CT molecular complexity index is 877. The Balaban J connectivity index is 2.04. The lowest BCUT2D eigenvalue weighted by Crippen LogP contribution is -2.02. The second-order valence-electron chi connectivity index (χ2n) is 6.11. The van der Waals surface area contributed by atoms with Crippen molar-refractivity contribution < 1.29 is 0 Å². The molecule has 3 aromatic rings. The molecule has 0 aromatic heterocycles. The molecule has 22 heavy (non-hydrogen) atoms. The van der Waals surface area contributed by atoms with Crippen LogP contribution >= 0.6 is 15.9 Å². The van der Waals surface area contributed by atoms with Gasteiger partial charge >= 0.3 is 0 Å². The van der Waals surface area contributed by atoms with E-state index in [1.807, 2.05) is 0 Å². The van der Waals surface area contributed by atoms with Crippen molar-refractivity contribution in [2.24, 2.45) is 0 Å². The predicted octanol–water partition coefficient (Wildman–Crippen LogP) is 6.23. The zero-order chi connectivity index (χ0) is 15.3. The molecular weight excluding hydrogens is 332 g/mol. The summed E-state index contributed by atoms with van der Waals surface area (Å²) in [5.74, 6) is 0.337. The number of rotatable bonds is 1. The fourth-order valence-corrected chi connectivity index (χ4v) is 3.96. The molecule has 108 valence electrons. The lowest BCUT2D eigenvalue weighted by Gasteiger charge is -2.18. The molecule has 0 radical (unpaired) electrons. The van der Waals surface area contributed by atoms with E-state index in [0.29, 0.717) is 5.92 Å². The van der Waals surface area contributed by atoms with Gasteiger partial charge < -0.3 is 0 Å². The quantitative estimate of drug-likeness (QED) is 0.382. The van der Waals surface area contributed by atoms with E-state index < -0.39 is 0 Å². The van der Waals surface area contributed by atoms with Crippen LogP contribution in [0.5, 0.6) is 0 Å². The SMILES string of the molecule is Cc1ccc(C)c(C2c3ccccc3-c3ccc(Br)cc32)c1. The molecule has 3 aromatic carbocycles. The van der Waals surface area contributed by atoms with E-state index in [-0.39, 0.29) is 0 Å². The van der Waals surface area contributed by atoms with Gasteiger partial charge in [0.15, 0.2) is 0 Å². The van der Waals surface area contributed by atoms with Crippen molar-refractivity contribution in [2.45, 2.75) is 19.8 Å². The van der Waals surface area contributed by atoms with Gasteiger partial charge in [0, 0.05) is 10.4 Å². The standard InChI is InChI=1S/C21H17Br/c1-13-7-8-14(2)19(11-13)21-18-6-4-3-5-16(18)17-10-9-15(22)12-20(17)21/h3-12,21H,1-2H3. The third-order valence-electron chi connectivity index (χ3n) is 4.63. The molecule has 0 N–H and O–H groups in total. The summed E-state index contributed by atoms with van der Waals surface area (Å²) < 4.78 is 1.15. The largest absolute Gasteiger partial charge is 0.0619 e. The molecule has 0 aliphatic heterocycles. The minimum absolute atomic E-state index is 0.337. The van der Waals surface area contributed by atoms with Crippen molar-refractivity contribution in [1.82, 2.24) is 0 Å². The maximum absolute atomic E-state index is 3.64. The first-order chi connectivity index (χ1) is 10.6. The summed E-state index contributed by atoms with van der Waals surface area (Å²) >= 11 is 3.64. The van der Waals surface area contributed by atoms with Crippen LogP contribution in [0, 0.1) is 13.8 Å². The van der Waals surface area contributed by atoms with E-state index in [9.17, 15) is 0 Å². The molecule has 0 fully saturated rings. The number of aryl methyl sites for hydroxylation is 2. The Labute approximate surface area is 140 Å². The molecule has 1 unspecified atom stereocenters. The van der Waals surface area contributed by atoms with E-state index >= 15 is 0 Å². The van der Waals surface area contributed by atoms with Gasteiger partial charge in [0.1, 0.15) is 0 Å². The molecule has 0 spiro atoms. The van der Waals surface area contributed by atoms with Crippen LogP contribution < -0.4 is 0 Å². The van der Waals surface area contributed by atoms with Crippen molar-refractivity contribution in [3.05, 3.63) is 93.0 Å². The molecule has 0 saturated heterocycles. The average molecular weight is 349 g/mol. The number of hydrogen-bond donors (Lipinski definition) is 0. The van der Waals surface area contributed by atoms with Crippen LogP contribution in [-0.4, -0.2) is 0 Å². The van der Waals surface area contributed by atoms with Gasteiger partial charge in [-0.2, -0.15) is 0 Å². The van der Waals surface area contributed by atoms with Crippen LogP contribution in [0.4, 0.5) is 0 Å². The van der Waals surface area contributed by atoms with Crippen molar-refractivity contribution in [1.29, 1.82) is 0 Å². The Morgan fingerprint density at radius 3 is 2.36 bits per heavy atom. The molecule has 0 amide bonds.